The second-order valence-electron chi connectivity index (χ2n) is 6.19. The first kappa shape index (κ1) is 13.6. The number of carbonyl (C=O) groups is 1. The molecule has 0 radical (unpaired) electrons. The predicted molar refractivity (Wildman–Crippen MR) is 80.3 cm³/mol. The van der Waals surface area contributed by atoms with Crippen molar-refractivity contribution in [2.75, 3.05) is 0 Å². The summed E-state index contributed by atoms with van der Waals surface area (Å²) in [6, 6.07) is 8.97. The van der Waals surface area contributed by atoms with Gasteiger partial charge in [0.15, 0.2) is 0 Å². The molecule has 1 N–H and O–H groups in total. The lowest BCUT2D eigenvalue weighted by molar-refractivity contribution is -0.132. The fourth-order valence-electron chi connectivity index (χ4n) is 3.07. The van der Waals surface area contributed by atoms with Crippen molar-refractivity contribution in [1.29, 1.82) is 0 Å². The number of hydrogen-bond acceptors (Lipinski definition) is 2. The summed E-state index contributed by atoms with van der Waals surface area (Å²) in [7, 11) is 0. The van der Waals surface area contributed by atoms with Crippen molar-refractivity contribution in [1.82, 2.24) is 10.2 Å². The molecule has 1 aromatic carbocycles. The molecular formula is C17H24N2O. The first-order chi connectivity index (χ1) is 9.61. The van der Waals surface area contributed by atoms with E-state index in [1.807, 2.05) is 0 Å². The summed E-state index contributed by atoms with van der Waals surface area (Å²) in [5.41, 5.74) is 2.31. The van der Waals surface area contributed by atoms with Crippen LogP contribution in [0.4, 0.5) is 0 Å². The van der Waals surface area contributed by atoms with Gasteiger partial charge in [-0.25, -0.2) is 0 Å². The van der Waals surface area contributed by atoms with Crippen LogP contribution in [0.1, 0.15) is 57.3 Å². The SMILES string of the molecule is CCc1ccc(C2NC3(CC3)C(=O)N2C(C)CC)cc1. The van der Waals surface area contributed by atoms with Crippen molar-refractivity contribution in [3.8, 4) is 0 Å². The number of rotatable bonds is 4. The monoisotopic (exact) mass is 272 g/mol. The van der Waals surface area contributed by atoms with Gasteiger partial charge in [0.05, 0.1) is 0 Å². The molecule has 1 heterocycles. The van der Waals surface area contributed by atoms with Gasteiger partial charge in [-0.1, -0.05) is 38.1 Å². The first-order valence-electron chi connectivity index (χ1n) is 7.80. The molecule has 3 rings (SSSR count). The molecule has 1 aliphatic heterocycles. The molecule has 2 aliphatic rings. The van der Waals surface area contributed by atoms with Gasteiger partial charge in [0, 0.05) is 6.04 Å². The molecule has 1 amide bonds. The predicted octanol–water partition coefficient (Wildman–Crippen LogP) is 3.01. The highest BCUT2D eigenvalue weighted by Crippen LogP contribution is 2.46. The van der Waals surface area contributed by atoms with Gasteiger partial charge in [-0.3, -0.25) is 10.1 Å². The molecule has 20 heavy (non-hydrogen) atoms. The summed E-state index contributed by atoms with van der Waals surface area (Å²) in [6.45, 7) is 6.46. The van der Waals surface area contributed by atoms with E-state index in [9.17, 15) is 4.79 Å². The number of amides is 1. The first-order valence-corrected chi connectivity index (χ1v) is 7.80. The minimum atomic E-state index is -0.239. The molecule has 3 nitrogen and oxygen atoms in total. The van der Waals surface area contributed by atoms with Gasteiger partial charge in [-0.05, 0) is 43.7 Å². The van der Waals surface area contributed by atoms with Gasteiger partial charge in [0.25, 0.3) is 0 Å². The third kappa shape index (κ3) is 2.05. The summed E-state index contributed by atoms with van der Waals surface area (Å²) in [6.07, 6.45) is 4.07. The smallest absolute Gasteiger partial charge is 0.244 e. The average molecular weight is 272 g/mol. The molecule has 0 aromatic heterocycles. The van der Waals surface area contributed by atoms with E-state index in [1.54, 1.807) is 0 Å². The zero-order chi connectivity index (χ0) is 14.3. The Balaban J connectivity index is 1.91. The van der Waals surface area contributed by atoms with E-state index in [4.69, 9.17) is 0 Å². The van der Waals surface area contributed by atoms with Crippen molar-refractivity contribution >= 4 is 5.91 Å². The minimum Gasteiger partial charge on any atom is -0.319 e. The van der Waals surface area contributed by atoms with Crippen molar-refractivity contribution in [2.24, 2.45) is 0 Å². The third-order valence-corrected chi connectivity index (χ3v) is 4.85. The number of carbonyl (C=O) groups excluding carboxylic acids is 1. The van der Waals surface area contributed by atoms with Crippen LogP contribution in [-0.4, -0.2) is 22.4 Å². The number of aryl methyl sites for hydroxylation is 1. The lowest BCUT2D eigenvalue weighted by Gasteiger charge is -2.30. The van der Waals surface area contributed by atoms with Gasteiger partial charge in [0.1, 0.15) is 11.7 Å². The van der Waals surface area contributed by atoms with Crippen LogP contribution >= 0.6 is 0 Å². The highest BCUT2D eigenvalue weighted by Gasteiger charge is 2.59. The number of hydrogen-bond donors (Lipinski definition) is 1. The van der Waals surface area contributed by atoms with E-state index in [-0.39, 0.29) is 17.7 Å². The second kappa shape index (κ2) is 4.88. The standard InChI is InChI=1S/C17H24N2O/c1-4-12(3)19-15(18-17(10-11-17)16(19)20)14-8-6-13(5-2)7-9-14/h6-9,12,15,18H,4-5,10-11H2,1-3H3. The summed E-state index contributed by atoms with van der Waals surface area (Å²) in [4.78, 5) is 14.7. The van der Waals surface area contributed by atoms with Crippen molar-refractivity contribution < 1.29 is 4.79 Å². The highest BCUT2D eigenvalue weighted by molar-refractivity contribution is 5.92. The molecule has 1 saturated carbocycles. The summed E-state index contributed by atoms with van der Waals surface area (Å²) < 4.78 is 0. The number of nitrogens with zero attached hydrogens (tertiary/aromatic N) is 1. The molecule has 1 spiro atoms. The van der Waals surface area contributed by atoms with E-state index >= 15 is 0 Å². The van der Waals surface area contributed by atoms with Gasteiger partial charge in [-0.15, -0.1) is 0 Å². The van der Waals surface area contributed by atoms with Gasteiger partial charge in [0.2, 0.25) is 5.91 Å². The Bertz CT molecular complexity index is 504. The van der Waals surface area contributed by atoms with Crippen molar-refractivity contribution in [2.45, 2.75) is 64.2 Å². The van der Waals surface area contributed by atoms with Crippen molar-refractivity contribution in [3.63, 3.8) is 0 Å². The molecular weight excluding hydrogens is 248 g/mol. The minimum absolute atomic E-state index is 0.0471. The zero-order valence-electron chi connectivity index (χ0n) is 12.6. The Morgan fingerprint density at radius 1 is 1.30 bits per heavy atom. The zero-order valence-corrected chi connectivity index (χ0v) is 12.6. The van der Waals surface area contributed by atoms with Gasteiger partial charge >= 0.3 is 0 Å². The maximum atomic E-state index is 12.7. The van der Waals surface area contributed by atoms with Crippen LogP contribution in [-0.2, 0) is 11.2 Å². The molecule has 2 fully saturated rings. The van der Waals surface area contributed by atoms with Crippen LogP contribution < -0.4 is 5.32 Å². The molecule has 1 saturated heterocycles. The fourth-order valence-corrected chi connectivity index (χ4v) is 3.07. The molecule has 108 valence electrons. The maximum absolute atomic E-state index is 12.7. The number of benzene rings is 1. The molecule has 3 heteroatoms. The Morgan fingerprint density at radius 3 is 2.45 bits per heavy atom. The van der Waals surface area contributed by atoms with Crippen LogP contribution in [0.15, 0.2) is 24.3 Å². The van der Waals surface area contributed by atoms with E-state index < -0.39 is 0 Å². The van der Waals surface area contributed by atoms with Crippen LogP contribution in [0.3, 0.4) is 0 Å². The Morgan fingerprint density at radius 2 is 1.95 bits per heavy atom. The van der Waals surface area contributed by atoms with Gasteiger partial charge in [-0.2, -0.15) is 0 Å². The van der Waals surface area contributed by atoms with Crippen molar-refractivity contribution in [3.05, 3.63) is 35.4 Å². The lowest BCUT2D eigenvalue weighted by atomic mass is 10.1. The maximum Gasteiger partial charge on any atom is 0.244 e. The van der Waals surface area contributed by atoms with E-state index in [1.165, 1.54) is 11.1 Å². The Kier molecular flexibility index (Phi) is 3.33. The van der Waals surface area contributed by atoms with Crippen LogP contribution in [0.5, 0.6) is 0 Å². The number of nitrogens with one attached hydrogen (secondary N) is 1. The average Bonchev–Trinajstić information content (AvgIpc) is 3.20. The topological polar surface area (TPSA) is 32.3 Å². The largest absolute Gasteiger partial charge is 0.319 e. The molecule has 1 aromatic rings. The van der Waals surface area contributed by atoms with E-state index in [0.717, 1.165) is 25.7 Å². The normalized spacial score (nSPS) is 25.2. The Labute approximate surface area is 121 Å². The Hall–Kier alpha value is -1.35. The molecule has 2 unspecified atom stereocenters. The van der Waals surface area contributed by atoms with Gasteiger partial charge < -0.3 is 4.90 Å². The molecule has 1 aliphatic carbocycles. The third-order valence-electron chi connectivity index (χ3n) is 4.85. The quantitative estimate of drug-likeness (QED) is 0.914. The second-order valence-corrected chi connectivity index (χ2v) is 6.19. The van der Waals surface area contributed by atoms with Crippen LogP contribution in [0.2, 0.25) is 0 Å². The van der Waals surface area contributed by atoms with Crippen LogP contribution in [0, 0.1) is 0 Å². The summed E-state index contributed by atoms with van der Waals surface area (Å²) in [5, 5.41) is 3.59. The molecule has 0 bridgehead atoms. The fraction of sp³-hybridized carbons (Fsp3) is 0.588. The lowest BCUT2D eigenvalue weighted by Crippen LogP contribution is -2.38. The molecule has 2 atom stereocenters. The summed E-state index contributed by atoms with van der Waals surface area (Å²) >= 11 is 0. The van der Waals surface area contributed by atoms with E-state index in [2.05, 4.69) is 55.3 Å². The van der Waals surface area contributed by atoms with E-state index in [0.29, 0.717) is 5.91 Å². The highest BCUT2D eigenvalue weighted by atomic mass is 16.2. The van der Waals surface area contributed by atoms with Crippen LogP contribution in [0.25, 0.3) is 0 Å². The summed E-state index contributed by atoms with van der Waals surface area (Å²) in [5.74, 6) is 0.302.